The van der Waals surface area contributed by atoms with Crippen LogP contribution >= 0.6 is 24.0 Å². The fraction of sp³-hybridized carbons (Fsp3) is 0.0667. The van der Waals surface area contributed by atoms with Gasteiger partial charge in [-0.05, 0) is 104 Å². The number of carbonyl (C=O) groups excluding carboxylic acids is 2. The minimum absolute atomic E-state index is 0.0382. The van der Waals surface area contributed by atoms with Gasteiger partial charge in [-0.1, -0.05) is 11.8 Å². The number of amides is 2. The molecular weight excluding hydrogens is 576 g/mol. The van der Waals surface area contributed by atoms with Crippen molar-refractivity contribution in [3.63, 3.8) is 0 Å². The van der Waals surface area contributed by atoms with Gasteiger partial charge in [-0.15, -0.1) is 0 Å². The van der Waals surface area contributed by atoms with Gasteiger partial charge in [0.15, 0.2) is 5.11 Å². The SMILES string of the molecule is Cc1cc(/C=C2\C(=O)NC(=S)N(c3ccc(C(=O)O)cc3)C2=O)c(C)n1-c1ccc(Sc2ccc([N+](=O)[O-])cc2)cc1. The van der Waals surface area contributed by atoms with Crippen molar-refractivity contribution in [2.45, 2.75) is 23.6 Å². The first-order valence-corrected chi connectivity index (χ1v) is 13.7. The molecular formula is C30H22N4O6S2. The van der Waals surface area contributed by atoms with Gasteiger partial charge >= 0.3 is 5.97 Å². The van der Waals surface area contributed by atoms with E-state index in [0.29, 0.717) is 11.3 Å². The number of carboxylic acid groups (broad SMARTS) is 1. The molecule has 2 N–H and O–H groups in total. The maximum absolute atomic E-state index is 13.4. The van der Waals surface area contributed by atoms with Crippen LogP contribution < -0.4 is 10.2 Å². The van der Waals surface area contributed by atoms with Gasteiger partial charge in [-0.25, -0.2) is 4.79 Å². The van der Waals surface area contributed by atoms with Gasteiger partial charge in [0, 0.05) is 39.0 Å². The summed E-state index contributed by atoms with van der Waals surface area (Å²) < 4.78 is 2.00. The summed E-state index contributed by atoms with van der Waals surface area (Å²) in [6.07, 6.45) is 1.52. The minimum atomic E-state index is -1.10. The molecule has 1 aliphatic rings. The van der Waals surface area contributed by atoms with Crippen molar-refractivity contribution >= 4 is 64.3 Å². The van der Waals surface area contributed by atoms with Crippen molar-refractivity contribution in [3.8, 4) is 5.69 Å². The largest absolute Gasteiger partial charge is 0.478 e. The number of hydrogen-bond acceptors (Lipinski definition) is 7. The van der Waals surface area contributed by atoms with Crippen LogP contribution in [-0.4, -0.2) is 37.5 Å². The number of aromatic nitrogens is 1. The molecule has 4 aromatic rings. The highest BCUT2D eigenvalue weighted by molar-refractivity contribution is 7.99. The van der Waals surface area contributed by atoms with E-state index < -0.39 is 22.7 Å². The van der Waals surface area contributed by atoms with E-state index in [-0.39, 0.29) is 21.9 Å². The van der Waals surface area contributed by atoms with Crippen LogP contribution in [-0.2, 0) is 9.59 Å². The molecule has 42 heavy (non-hydrogen) atoms. The number of nitro groups is 1. The molecule has 0 unspecified atom stereocenters. The fourth-order valence-electron chi connectivity index (χ4n) is 4.57. The number of hydrogen-bond donors (Lipinski definition) is 2. The highest BCUT2D eigenvalue weighted by Gasteiger charge is 2.34. The number of nitrogens with one attached hydrogen (secondary N) is 1. The van der Waals surface area contributed by atoms with Crippen LogP contribution in [0.15, 0.2) is 94.2 Å². The Kier molecular flexibility index (Phi) is 7.74. The highest BCUT2D eigenvalue weighted by Crippen LogP contribution is 2.31. The van der Waals surface area contributed by atoms with Crippen molar-refractivity contribution in [2.24, 2.45) is 0 Å². The molecule has 1 aromatic heterocycles. The van der Waals surface area contributed by atoms with Gasteiger partial charge in [0.1, 0.15) is 5.57 Å². The predicted octanol–water partition coefficient (Wildman–Crippen LogP) is 5.68. The highest BCUT2D eigenvalue weighted by atomic mass is 32.2. The van der Waals surface area contributed by atoms with E-state index in [1.54, 1.807) is 12.1 Å². The summed E-state index contributed by atoms with van der Waals surface area (Å²) in [5.74, 6) is -2.35. The van der Waals surface area contributed by atoms with Crippen LogP contribution in [0.2, 0.25) is 0 Å². The van der Waals surface area contributed by atoms with E-state index in [0.717, 1.165) is 31.8 Å². The molecule has 0 radical (unpaired) electrons. The molecule has 0 aliphatic carbocycles. The number of nitrogens with zero attached hydrogens (tertiary/aromatic N) is 3. The smallest absolute Gasteiger partial charge is 0.335 e. The second kappa shape index (κ2) is 11.4. The number of anilines is 1. The van der Waals surface area contributed by atoms with Crippen LogP contribution in [0.4, 0.5) is 11.4 Å². The molecule has 0 atom stereocenters. The Bertz CT molecular complexity index is 1790. The Labute approximate surface area is 249 Å². The lowest BCUT2D eigenvalue weighted by Crippen LogP contribution is -2.54. The van der Waals surface area contributed by atoms with Crippen LogP contribution in [0, 0.1) is 24.0 Å². The number of aromatic carboxylic acids is 1. The van der Waals surface area contributed by atoms with E-state index >= 15 is 0 Å². The molecule has 210 valence electrons. The number of thiocarbonyl (C=S) groups is 1. The van der Waals surface area contributed by atoms with E-state index in [4.69, 9.17) is 17.3 Å². The molecule has 2 heterocycles. The summed E-state index contributed by atoms with van der Waals surface area (Å²) >= 11 is 6.73. The molecule has 1 saturated heterocycles. The zero-order valence-corrected chi connectivity index (χ0v) is 23.9. The second-order valence-corrected chi connectivity index (χ2v) is 10.9. The average molecular weight is 599 g/mol. The first-order valence-electron chi connectivity index (χ1n) is 12.5. The van der Waals surface area contributed by atoms with Crippen molar-refractivity contribution in [3.05, 3.63) is 117 Å². The summed E-state index contributed by atoms with van der Waals surface area (Å²) in [5, 5.41) is 22.5. The monoisotopic (exact) mass is 598 g/mol. The summed E-state index contributed by atoms with van der Waals surface area (Å²) in [6.45, 7) is 3.81. The minimum Gasteiger partial charge on any atom is -0.478 e. The number of benzene rings is 3. The van der Waals surface area contributed by atoms with Gasteiger partial charge in [0.25, 0.3) is 17.5 Å². The lowest BCUT2D eigenvalue weighted by atomic mass is 10.1. The first kappa shape index (κ1) is 28.5. The Morgan fingerprint density at radius 3 is 2.10 bits per heavy atom. The van der Waals surface area contributed by atoms with Crippen molar-refractivity contribution in [2.75, 3.05) is 4.90 Å². The van der Waals surface area contributed by atoms with Crippen LogP contribution in [0.5, 0.6) is 0 Å². The number of non-ortho nitro benzene ring substituents is 1. The molecule has 0 bridgehead atoms. The quantitative estimate of drug-likeness (QED) is 0.0912. The second-order valence-electron chi connectivity index (χ2n) is 9.32. The third-order valence-corrected chi connectivity index (χ3v) is 7.92. The summed E-state index contributed by atoms with van der Waals surface area (Å²) in [7, 11) is 0. The molecule has 1 fully saturated rings. The molecule has 0 spiro atoms. The Hall–Kier alpha value is -5.07. The maximum Gasteiger partial charge on any atom is 0.335 e. The summed E-state index contributed by atoms with van der Waals surface area (Å²) in [5.41, 5.74) is 3.56. The van der Waals surface area contributed by atoms with Gasteiger partial charge in [0.2, 0.25) is 0 Å². The molecule has 10 nitrogen and oxygen atoms in total. The van der Waals surface area contributed by atoms with Gasteiger partial charge < -0.3 is 9.67 Å². The normalized spacial score (nSPS) is 14.3. The first-order chi connectivity index (χ1) is 20.0. The predicted molar refractivity (Wildman–Crippen MR) is 162 cm³/mol. The fourth-order valence-corrected chi connectivity index (χ4v) is 5.66. The Balaban J connectivity index is 1.40. The topological polar surface area (TPSA) is 135 Å². The van der Waals surface area contributed by atoms with Gasteiger partial charge in [0.05, 0.1) is 16.2 Å². The molecule has 2 amide bonds. The molecule has 12 heteroatoms. The molecule has 0 saturated carbocycles. The summed E-state index contributed by atoms with van der Waals surface area (Å²) in [6, 6.07) is 21.7. The zero-order chi connectivity index (χ0) is 30.1. The lowest BCUT2D eigenvalue weighted by molar-refractivity contribution is -0.384. The van der Waals surface area contributed by atoms with E-state index in [1.807, 2.05) is 48.7 Å². The van der Waals surface area contributed by atoms with Gasteiger partial charge in [-0.2, -0.15) is 0 Å². The summed E-state index contributed by atoms with van der Waals surface area (Å²) in [4.78, 5) is 50.9. The number of aryl methyl sites for hydroxylation is 1. The number of carbonyl (C=O) groups is 3. The third-order valence-electron chi connectivity index (χ3n) is 6.62. The number of carboxylic acids is 1. The standard InChI is InChI=1S/C30H22N4O6S2/c1-17-15-20(16-26-27(35)31-30(41)33(28(26)36)22-5-3-19(4-6-22)29(37)38)18(2)32(17)21-7-11-24(12-8-21)42-25-13-9-23(10-14-25)34(39)40/h3-16H,1-2H3,(H,37,38)(H,31,35,41)/b26-16+. The lowest BCUT2D eigenvalue weighted by Gasteiger charge is -2.29. The average Bonchev–Trinajstić information content (AvgIpc) is 3.24. The van der Waals surface area contributed by atoms with E-state index in [2.05, 4.69) is 5.32 Å². The Morgan fingerprint density at radius 2 is 1.52 bits per heavy atom. The van der Waals surface area contributed by atoms with Crippen LogP contribution in [0.1, 0.15) is 27.3 Å². The molecule has 1 aliphatic heterocycles. The molecule has 5 rings (SSSR count). The van der Waals surface area contributed by atoms with Crippen LogP contribution in [0.3, 0.4) is 0 Å². The van der Waals surface area contributed by atoms with Crippen molar-refractivity contribution < 1.29 is 24.4 Å². The van der Waals surface area contributed by atoms with Crippen molar-refractivity contribution in [1.82, 2.24) is 9.88 Å². The molecule has 3 aromatic carbocycles. The Morgan fingerprint density at radius 1 is 0.952 bits per heavy atom. The van der Waals surface area contributed by atoms with Crippen molar-refractivity contribution in [1.29, 1.82) is 0 Å². The van der Waals surface area contributed by atoms with E-state index in [1.165, 1.54) is 54.2 Å². The van der Waals surface area contributed by atoms with E-state index in [9.17, 15) is 24.5 Å². The van der Waals surface area contributed by atoms with Gasteiger partial charge in [-0.3, -0.25) is 29.9 Å². The number of rotatable bonds is 7. The number of nitro benzene ring substituents is 1. The van der Waals surface area contributed by atoms with Crippen LogP contribution in [0.25, 0.3) is 11.8 Å². The zero-order valence-electron chi connectivity index (χ0n) is 22.2. The maximum atomic E-state index is 13.4. The third kappa shape index (κ3) is 5.57.